The molecule has 0 bridgehead atoms. The molecule has 1 aliphatic heterocycles. The van der Waals surface area contributed by atoms with E-state index in [1.54, 1.807) is 0 Å². The molecule has 0 atom stereocenters. The summed E-state index contributed by atoms with van der Waals surface area (Å²) < 4.78 is 5.53. The van der Waals surface area contributed by atoms with E-state index in [1.807, 2.05) is 6.20 Å². The van der Waals surface area contributed by atoms with Crippen LogP contribution in [0.2, 0.25) is 0 Å². The molecule has 0 unspecified atom stereocenters. The molecule has 0 amide bonds. The van der Waals surface area contributed by atoms with E-state index in [2.05, 4.69) is 44.8 Å². The van der Waals surface area contributed by atoms with Crippen LogP contribution in [-0.4, -0.2) is 12.5 Å². The van der Waals surface area contributed by atoms with Crippen molar-refractivity contribution in [1.29, 1.82) is 0 Å². The molecule has 0 aromatic rings. The Kier molecular flexibility index (Phi) is 4.13. The average molecular weight is 207 g/mol. The molecule has 0 saturated carbocycles. The molecule has 0 aromatic carbocycles. The Labute approximate surface area is 92.7 Å². The van der Waals surface area contributed by atoms with Crippen LogP contribution in [0, 0.1) is 5.41 Å². The fraction of sp³-hybridized carbons (Fsp3) is 0.615. The van der Waals surface area contributed by atoms with Gasteiger partial charge in [0.15, 0.2) is 5.90 Å². The Morgan fingerprint density at radius 3 is 2.73 bits per heavy atom. The van der Waals surface area contributed by atoms with Gasteiger partial charge in [-0.05, 0) is 23.5 Å². The van der Waals surface area contributed by atoms with Crippen molar-refractivity contribution < 1.29 is 4.74 Å². The zero-order chi connectivity index (χ0) is 11.3. The molecule has 0 aliphatic carbocycles. The van der Waals surface area contributed by atoms with Gasteiger partial charge in [0, 0.05) is 12.6 Å². The van der Waals surface area contributed by atoms with E-state index in [4.69, 9.17) is 4.74 Å². The Morgan fingerprint density at radius 2 is 2.13 bits per heavy atom. The van der Waals surface area contributed by atoms with Crippen LogP contribution in [0.25, 0.3) is 0 Å². The molecule has 0 N–H and O–H groups in total. The number of nitrogens with zero attached hydrogens (tertiary/aromatic N) is 1. The molecule has 1 heterocycles. The molecule has 84 valence electrons. The lowest BCUT2D eigenvalue weighted by atomic mass is 9.86. The van der Waals surface area contributed by atoms with Crippen molar-refractivity contribution in [2.45, 2.75) is 40.5 Å². The van der Waals surface area contributed by atoms with Crippen LogP contribution < -0.4 is 0 Å². The zero-order valence-electron chi connectivity index (χ0n) is 10.2. The summed E-state index contributed by atoms with van der Waals surface area (Å²) in [4.78, 5) is 4.29. The summed E-state index contributed by atoms with van der Waals surface area (Å²) in [6.45, 7) is 9.48. The zero-order valence-corrected chi connectivity index (χ0v) is 10.2. The maximum atomic E-state index is 5.53. The van der Waals surface area contributed by atoms with Gasteiger partial charge in [-0.1, -0.05) is 33.8 Å². The largest absolute Gasteiger partial charge is 0.481 e. The molecule has 2 heteroatoms. The standard InChI is InChI=1S/C13H21NO/c1-5-10-15-12-7-6-11(8-9-14-12)13(2,3)4/h6,8-9H,5,7,10H2,1-4H3. The van der Waals surface area contributed by atoms with Crippen LogP contribution in [0.4, 0.5) is 0 Å². The van der Waals surface area contributed by atoms with E-state index in [1.165, 1.54) is 5.57 Å². The highest BCUT2D eigenvalue weighted by atomic mass is 16.5. The third kappa shape index (κ3) is 3.90. The first-order chi connectivity index (χ1) is 7.04. The summed E-state index contributed by atoms with van der Waals surface area (Å²) in [5.74, 6) is 0.826. The van der Waals surface area contributed by atoms with Crippen molar-refractivity contribution in [1.82, 2.24) is 0 Å². The normalized spacial score (nSPS) is 16.8. The maximum Gasteiger partial charge on any atom is 0.191 e. The van der Waals surface area contributed by atoms with Gasteiger partial charge in [-0.15, -0.1) is 0 Å². The van der Waals surface area contributed by atoms with Gasteiger partial charge in [0.25, 0.3) is 0 Å². The Hall–Kier alpha value is -1.05. The van der Waals surface area contributed by atoms with E-state index in [9.17, 15) is 0 Å². The van der Waals surface area contributed by atoms with Crippen LogP contribution in [0.15, 0.2) is 28.9 Å². The summed E-state index contributed by atoms with van der Waals surface area (Å²) in [6.07, 6.45) is 7.95. The molecule has 15 heavy (non-hydrogen) atoms. The number of rotatable bonds is 2. The van der Waals surface area contributed by atoms with E-state index in [0.717, 1.165) is 25.3 Å². The smallest absolute Gasteiger partial charge is 0.191 e. The summed E-state index contributed by atoms with van der Waals surface area (Å²) in [5.41, 5.74) is 1.51. The molecule has 2 nitrogen and oxygen atoms in total. The Bertz CT molecular complexity index is 292. The quantitative estimate of drug-likeness (QED) is 0.676. The fourth-order valence-corrected chi connectivity index (χ4v) is 1.39. The Balaban J connectivity index is 2.63. The summed E-state index contributed by atoms with van der Waals surface area (Å²) in [6, 6.07) is 0. The number of hydrogen-bond acceptors (Lipinski definition) is 2. The molecule has 0 radical (unpaired) electrons. The fourth-order valence-electron chi connectivity index (χ4n) is 1.39. The monoisotopic (exact) mass is 207 g/mol. The second-order valence-electron chi connectivity index (χ2n) is 4.80. The predicted molar refractivity (Wildman–Crippen MR) is 65.0 cm³/mol. The van der Waals surface area contributed by atoms with Crippen molar-refractivity contribution in [3.8, 4) is 0 Å². The lowest BCUT2D eigenvalue weighted by Crippen LogP contribution is -2.08. The van der Waals surface area contributed by atoms with E-state index in [0.29, 0.717) is 0 Å². The minimum absolute atomic E-state index is 0.187. The predicted octanol–water partition coefficient (Wildman–Crippen LogP) is 3.70. The van der Waals surface area contributed by atoms with Gasteiger partial charge in [0.1, 0.15) is 0 Å². The van der Waals surface area contributed by atoms with Gasteiger partial charge in [-0.25, -0.2) is 4.99 Å². The third-order valence-corrected chi connectivity index (χ3v) is 2.31. The topological polar surface area (TPSA) is 21.6 Å². The number of allylic oxidation sites excluding steroid dienone is 2. The SMILES string of the molecule is CCCOC1=NC=CC(C(C)(C)C)=CC1. The van der Waals surface area contributed by atoms with Crippen molar-refractivity contribution in [2.24, 2.45) is 10.4 Å². The van der Waals surface area contributed by atoms with E-state index < -0.39 is 0 Å². The molecule has 0 spiro atoms. The first-order valence-electron chi connectivity index (χ1n) is 5.60. The third-order valence-electron chi connectivity index (χ3n) is 2.31. The van der Waals surface area contributed by atoms with Crippen molar-refractivity contribution in [2.75, 3.05) is 6.61 Å². The Morgan fingerprint density at radius 1 is 1.40 bits per heavy atom. The van der Waals surface area contributed by atoms with Crippen LogP contribution in [-0.2, 0) is 4.74 Å². The number of aliphatic imine (C=N–C) groups is 1. The van der Waals surface area contributed by atoms with Crippen LogP contribution in [0.3, 0.4) is 0 Å². The van der Waals surface area contributed by atoms with Crippen molar-refractivity contribution in [3.05, 3.63) is 23.9 Å². The summed E-state index contributed by atoms with van der Waals surface area (Å²) in [5, 5.41) is 0. The number of ether oxygens (including phenoxy) is 1. The molecule has 1 aliphatic rings. The van der Waals surface area contributed by atoms with Gasteiger partial charge in [-0.3, -0.25) is 0 Å². The van der Waals surface area contributed by atoms with Crippen LogP contribution in [0.1, 0.15) is 40.5 Å². The molecular weight excluding hydrogens is 186 g/mol. The number of hydrogen-bond donors (Lipinski definition) is 0. The lowest BCUT2D eigenvalue weighted by Gasteiger charge is -2.19. The molecule has 1 rings (SSSR count). The van der Waals surface area contributed by atoms with E-state index >= 15 is 0 Å². The van der Waals surface area contributed by atoms with Gasteiger partial charge in [0.05, 0.1) is 6.61 Å². The second kappa shape index (κ2) is 5.15. The minimum atomic E-state index is 0.187. The highest BCUT2D eigenvalue weighted by Gasteiger charge is 2.15. The van der Waals surface area contributed by atoms with Crippen LogP contribution in [0.5, 0.6) is 0 Å². The van der Waals surface area contributed by atoms with Crippen molar-refractivity contribution in [3.63, 3.8) is 0 Å². The lowest BCUT2D eigenvalue weighted by molar-refractivity contribution is 0.298. The first-order valence-corrected chi connectivity index (χ1v) is 5.60. The molecule has 0 saturated heterocycles. The molecule has 0 aromatic heterocycles. The highest BCUT2D eigenvalue weighted by Crippen LogP contribution is 2.27. The maximum absolute atomic E-state index is 5.53. The van der Waals surface area contributed by atoms with Gasteiger partial charge in [0.2, 0.25) is 0 Å². The molecule has 0 fully saturated rings. The van der Waals surface area contributed by atoms with Gasteiger partial charge < -0.3 is 4.74 Å². The van der Waals surface area contributed by atoms with Crippen molar-refractivity contribution >= 4 is 5.90 Å². The van der Waals surface area contributed by atoms with E-state index in [-0.39, 0.29) is 5.41 Å². The van der Waals surface area contributed by atoms with Crippen LogP contribution >= 0.6 is 0 Å². The second-order valence-corrected chi connectivity index (χ2v) is 4.80. The first kappa shape index (κ1) is 12.0. The van der Waals surface area contributed by atoms with Gasteiger partial charge in [-0.2, -0.15) is 0 Å². The average Bonchev–Trinajstić information content (AvgIpc) is 2.38. The highest BCUT2D eigenvalue weighted by molar-refractivity contribution is 5.79. The molecular formula is C13H21NO. The van der Waals surface area contributed by atoms with Gasteiger partial charge >= 0.3 is 0 Å². The summed E-state index contributed by atoms with van der Waals surface area (Å²) >= 11 is 0. The minimum Gasteiger partial charge on any atom is -0.481 e. The summed E-state index contributed by atoms with van der Waals surface area (Å²) in [7, 11) is 0.